The predicted molar refractivity (Wildman–Crippen MR) is 88.6 cm³/mol. The molecule has 0 bridgehead atoms. The van der Waals surface area contributed by atoms with Gasteiger partial charge in [0.05, 0.1) is 11.4 Å². The predicted octanol–water partition coefficient (Wildman–Crippen LogP) is 4.19. The molecule has 0 unspecified atom stereocenters. The van der Waals surface area contributed by atoms with Gasteiger partial charge in [0.2, 0.25) is 0 Å². The maximum Gasteiger partial charge on any atom is 0.0796 e. The Morgan fingerprint density at radius 3 is 2.41 bits per heavy atom. The molecule has 0 aliphatic rings. The van der Waals surface area contributed by atoms with E-state index in [1.54, 1.807) is 0 Å². The second-order valence-corrected chi connectivity index (χ2v) is 5.80. The summed E-state index contributed by atoms with van der Waals surface area (Å²) in [6.07, 6.45) is 14.0. The van der Waals surface area contributed by atoms with E-state index in [9.17, 15) is 0 Å². The van der Waals surface area contributed by atoms with Crippen molar-refractivity contribution < 1.29 is 0 Å². The molecule has 124 valence electrons. The molecular formula is C16H30N6. The molecule has 0 aliphatic heterocycles. The second-order valence-electron chi connectivity index (χ2n) is 5.80. The lowest BCUT2D eigenvalue weighted by Crippen LogP contribution is -2.07. The molecule has 1 aromatic rings. The maximum atomic E-state index is 6.81. The molecule has 0 saturated carbocycles. The first-order chi connectivity index (χ1) is 10.7. The summed E-state index contributed by atoms with van der Waals surface area (Å²) in [5, 5.41) is 14.6. The van der Waals surface area contributed by atoms with Crippen LogP contribution in [0.1, 0.15) is 64.0 Å². The topological polar surface area (TPSA) is 79.0 Å². The van der Waals surface area contributed by atoms with Crippen molar-refractivity contribution in [2.45, 2.75) is 71.8 Å². The first-order valence-corrected chi connectivity index (χ1v) is 8.36. The summed E-state index contributed by atoms with van der Waals surface area (Å²) in [6, 6.07) is 0. The first kappa shape index (κ1) is 18.3. The van der Waals surface area contributed by atoms with Gasteiger partial charge in [0.1, 0.15) is 0 Å². The van der Waals surface area contributed by atoms with Crippen LogP contribution < -0.4 is 5.32 Å². The number of nitrogens with zero attached hydrogens (tertiary/aromatic N) is 4. The zero-order chi connectivity index (χ0) is 16.0. The van der Waals surface area contributed by atoms with Crippen LogP contribution in [0.5, 0.6) is 0 Å². The van der Waals surface area contributed by atoms with Crippen molar-refractivity contribution in [3.05, 3.63) is 23.8 Å². The van der Waals surface area contributed by atoms with Crippen LogP contribution in [0.25, 0.3) is 0 Å². The molecule has 0 radical (unpaired) electrons. The molecule has 0 atom stereocenters. The van der Waals surface area contributed by atoms with Crippen molar-refractivity contribution in [3.63, 3.8) is 0 Å². The molecule has 0 aromatic carbocycles. The van der Waals surface area contributed by atoms with Gasteiger partial charge in [-0.1, -0.05) is 43.7 Å². The molecule has 0 saturated heterocycles. The Labute approximate surface area is 133 Å². The van der Waals surface area contributed by atoms with Gasteiger partial charge in [0.25, 0.3) is 0 Å². The van der Waals surface area contributed by atoms with Gasteiger partial charge in [-0.15, -0.1) is 5.10 Å². The fourth-order valence-electron chi connectivity index (χ4n) is 2.32. The Morgan fingerprint density at radius 2 is 1.82 bits per heavy atom. The summed E-state index contributed by atoms with van der Waals surface area (Å²) in [4.78, 5) is 0. The molecular weight excluding hydrogens is 276 g/mol. The van der Waals surface area contributed by atoms with Gasteiger partial charge in [0.15, 0.2) is 0 Å². The second kappa shape index (κ2) is 11.9. The summed E-state index contributed by atoms with van der Waals surface area (Å²) in [5.74, 6) is 0. The molecule has 2 N–H and O–H groups in total. The van der Waals surface area contributed by atoms with Crippen molar-refractivity contribution in [1.29, 1.82) is 5.53 Å². The minimum Gasteiger partial charge on any atom is -0.389 e. The summed E-state index contributed by atoms with van der Waals surface area (Å²) in [6.45, 7) is 5.76. The van der Waals surface area contributed by atoms with Gasteiger partial charge in [-0.05, 0) is 26.7 Å². The zero-order valence-electron chi connectivity index (χ0n) is 14.0. The molecule has 0 amide bonds. The van der Waals surface area contributed by atoms with E-state index in [1.165, 1.54) is 51.4 Å². The molecule has 1 rings (SSSR count). The lowest BCUT2D eigenvalue weighted by atomic mass is 10.1. The van der Waals surface area contributed by atoms with Gasteiger partial charge in [-0.2, -0.15) is 5.11 Å². The van der Waals surface area contributed by atoms with E-state index in [1.807, 2.05) is 30.9 Å². The van der Waals surface area contributed by atoms with Crippen molar-refractivity contribution in [2.75, 3.05) is 6.54 Å². The number of hydrogen-bond donors (Lipinski definition) is 2. The van der Waals surface area contributed by atoms with Crippen molar-refractivity contribution >= 4 is 0 Å². The molecule has 22 heavy (non-hydrogen) atoms. The fourth-order valence-corrected chi connectivity index (χ4v) is 2.32. The quantitative estimate of drug-likeness (QED) is 0.423. The van der Waals surface area contributed by atoms with E-state index in [0.717, 1.165) is 24.5 Å². The summed E-state index contributed by atoms with van der Waals surface area (Å²) >= 11 is 0. The maximum absolute atomic E-state index is 6.81. The Morgan fingerprint density at radius 1 is 1.18 bits per heavy atom. The molecule has 1 aromatic heterocycles. The van der Waals surface area contributed by atoms with E-state index in [-0.39, 0.29) is 0 Å². The molecule has 0 aliphatic carbocycles. The minimum atomic E-state index is 0.723. The average Bonchev–Trinajstić information content (AvgIpc) is 2.93. The number of nitrogens with one attached hydrogen (secondary N) is 2. The van der Waals surface area contributed by atoms with Gasteiger partial charge in [0, 0.05) is 25.5 Å². The van der Waals surface area contributed by atoms with Crippen LogP contribution in [0.15, 0.2) is 23.2 Å². The summed E-state index contributed by atoms with van der Waals surface area (Å²) < 4.78 is 1.94. The van der Waals surface area contributed by atoms with Crippen LogP contribution in [0.4, 0.5) is 0 Å². The lowest BCUT2D eigenvalue weighted by Gasteiger charge is -2.03. The van der Waals surface area contributed by atoms with Crippen LogP contribution in [0.2, 0.25) is 0 Å². The van der Waals surface area contributed by atoms with Gasteiger partial charge in [-0.25, -0.2) is 5.53 Å². The van der Waals surface area contributed by atoms with Gasteiger partial charge in [-0.3, -0.25) is 4.68 Å². The van der Waals surface area contributed by atoms with Gasteiger partial charge >= 0.3 is 0 Å². The third-order valence-electron chi connectivity index (χ3n) is 3.60. The third-order valence-corrected chi connectivity index (χ3v) is 3.60. The van der Waals surface area contributed by atoms with E-state index in [0.29, 0.717) is 0 Å². The van der Waals surface area contributed by atoms with E-state index < -0.39 is 0 Å². The summed E-state index contributed by atoms with van der Waals surface area (Å²) in [7, 11) is 0. The van der Waals surface area contributed by atoms with Crippen molar-refractivity contribution in [1.82, 2.24) is 20.3 Å². The minimum absolute atomic E-state index is 0.723. The number of allylic oxidation sites excluding steroid dienone is 1. The molecule has 1 heterocycles. The van der Waals surface area contributed by atoms with Crippen LogP contribution >= 0.6 is 0 Å². The molecule has 6 nitrogen and oxygen atoms in total. The monoisotopic (exact) mass is 306 g/mol. The largest absolute Gasteiger partial charge is 0.389 e. The number of hydrogen-bond acceptors (Lipinski definition) is 5. The molecule has 0 spiro atoms. The number of rotatable bonds is 13. The van der Waals surface area contributed by atoms with Gasteiger partial charge < -0.3 is 5.32 Å². The number of unbranched alkanes of at least 4 members (excludes halogenated alkanes) is 7. The van der Waals surface area contributed by atoms with Crippen LogP contribution in [-0.4, -0.2) is 21.5 Å². The highest BCUT2D eigenvalue weighted by Gasteiger charge is 1.96. The molecule has 6 heteroatoms. The Hall–Kier alpha value is -1.72. The molecule has 0 fully saturated rings. The smallest absolute Gasteiger partial charge is 0.0796 e. The lowest BCUT2D eigenvalue weighted by molar-refractivity contribution is 0.509. The Bertz CT molecular complexity index is 438. The highest BCUT2D eigenvalue weighted by Crippen LogP contribution is 2.09. The summed E-state index contributed by atoms with van der Waals surface area (Å²) in [5.41, 5.74) is 8.53. The van der Waals surface area contributed by atoms with E-state index in [4.69, 9.17) is 5.53 Å². The third kappa shape index (κ3) is 9.26. The van der Waals surface area contributed by atoms with E-state index in [2.05, 4.69) is 20.7 Å². The van der Waals surface area contributed by atoms with Crippen LogP contribution in [0.3, 0.4) is 0 Å². The van der Waals surface area contributed by atoms with Crippen molar-refractivity contribution in [2.24, 2.45) is 5.11 Å². The fraction of sp³-hybridized carbons (Fsp3) is 0.750. The highest BCUT2D eigenvalue weighted by molar-refractivity contribution is 4.91. The zero-order valence-corrected chi connectivity index (χ0v) is 14.0. The first-order valence-electron chi connectivity index (χ1n) is 8.36. The standard InChI is InChI=1S/C16H30N6/c1-15(19-17)13-18-11-9-7-5-3-4-6-8-10-12-22-14-16(2)20-21-22/h13-14,17-18H,3-12H2,1-2H3/b15-13-,19-17?. The normalized spacial score (nSPS) is 11.6. The SMILES string of the molecule is C/C(=C/NCCCCCCCCCCn1cc(C)nn1)N=N. The van der Waals surface area contributed by atoms with E-state index >= 15 is 0 Å². The Balaban J connectivity index is 1.81. The van der Waals surface area contributed by atoms with Crippen LogP contribution in [0, 0.1) is 12.5 Å². The van der Waals surface area contributed by atoms with Crippen LogP contribution in [-0.2, 0) is 6.54 Å². The average molecular weight is 306 g/mol. The Kier molecular flexibility index (Phi) is 9.90. The highest BCUT2D eigenvalue weighted by atomic mass is 15.4. The van der Waals surface area contributed by atoms with Crippen molar-refractivity contribution in [3.8, 4) is 0 Å². The number of aromatic nitrogens is 3. The number of aryl methyl sites for hydroxylation is 2.